The average Bonchev–Trinajstić information content (AvgIpc) is 3.33. The highest BCUT2D eigenvalue weighted by Crippen LogP contribution is 2.38. The van der Waals surface area contributed by atoms with Gasteiger partial charge in [0.25, 0.3) is 7.82 Å². The van der Waals surface area contributed by atoms with Crippen LogP contribution in [0.25, 0.3) is 0 Å². The van der Waals surface area contributed by atoms with Crippen LogP contribution in [-0.4, -0.2) is 70.7 Å². The van der Waals surface area contributed by atoms with Gasteiger partial charge in [0.15, 0.2) is 0 Å². The van der Waals surface area contributed by atoms with Crippen molar-refractivity contribution in [2.45, 2.75) is 213 Å². The van der Waals surface area contributed by atoms with Crippen LogP contribution in [0, 0.1) is 0 Å². The number of quaternary nitrogens is 1. The van der Waals surface area contributed by atoms with Gasteiger partial charge in [-0.2, -0.15) is 0 Å². The van der Waals surface area contributed by atoms with Gasteiger partial charge in [-0.15, -0.1) is 0 Å². The molecule has 0 aliphatic carbocycles. The average molecular weight is 1010 g/mol. The van der Waals surface area contributed by atoms with Gasteiger partial charge in [-0.3, -0.25) is 9.36 Å². The zero-order valence-electron chi connectivity index (χ0n) is 46.1. The highest BCUT2D eigenvalue weighted by atomic mass is 31.2. The summed E-state index contributed by atoms with van der Waals surface area (Å²) in [6.45, 7) is 5.14. The Morgan fingerprint density at radius 2 is 0.775 bits per heavy atom. The molecule has 8 nitrogen and oxygen atoms in total. The van der Waals surface area contributed by atoms with E-state index in [1.54, 1.807) is 0 Å². The summed E-state index contributed by atoms with van der Waals surface area (Å²) in [5.41, 5.74) is 0. The van der Waals surface area contributed by atoms with Gasteiger partial charge in [-0.05, 0) is 103 Å². The molecule has 0 N–H and O–H groups in total. The minimum atomic E-state index is -4.55. The molecule has 0 aromatic heterocycles. The van der Waals surface area contributed by atoms with E-state index in [9.17, 15) is 14.3 Å². The maximum absolute atomic E-state index is 12.8. The van der Waals surface area contributed by atoms with Crippen LogP contribution >= 0.6 is 7.82 Å². The van der Waals surface area contributed by atoms with Crippen molar-refractivity contribution in [3.63, 3.8) is 0 Å². The highest BCUT2D eigenvalue weighted by molar-refractivity contribution is 7.45. The van der Waals surface area contributed by atoms with E-state index in [1.807, 2.05) is 21.1 Å². The molecule has 0 aliphatic heterocycles. The summed E-state index contributed by atoms with van der Waals surface area (Å²) in [4.78, 5) is 25.3. The smallest absolute Gasteiger partial charge is 0.306 e. The van der Waals surface area contributed by atoms with E-state index >= 15 is 0 Å². The minimum absolute atomic E-state index is 0.0158. The fraction of sp³-hybridized carbons (Fsp3) is 0.661. The molecule has 0 aliphatic rings. The molecule has 9 heteroatoms. The number of carbonyl (C=O) groups is 1. The topological polar surface area (TPSA) is 94.1 Å². The predicted molar refractivity (Wildman–Crippen MR) is 304 cm³/mol. The molecule has 0 saturated carbocycles. The first-order valence-electron chi connectivity index (χ1n) is 28.3. The summed E-state index contributed by atoms with van der Waals surface area (Å²) < 4.78 is 34.8. The Labute approximate surface area is 437 Å². The van der Waals surface area contributed by atoms with Crippen molar-refractivity contribution in [1.29, 1.82) is 0 Å². The molecule has 0 spiro atoms. The Balaban J connectivity index is 4.16. The molecule has 0 amide bonds. The fourth-order valence-electron chi connectivity index (χ4n) is 7.25. The lowest BCUT2D eigenvalue weighted by Crippen LogP contribution is -2.37. The molecule has 0 bridgehead atoms. The molecule has 2 unspecified atom stereocenters. The number of carbonyl (C=O) groups excluding carboxylic acids is 1. The second-order valence-electron chi connectivity index (χ2n) is 19.5. The monoisotopic (exact) mass is 1010 g/mol. The van der Waals surface area contributed by atoms with E-state index < -0.39 is 13.9 Å². The van der Waals surface area contributed by atoms with Crippen LogP contribution in [-0.2, 0) is 27.9 Å². The van der Waals surface area contributed by atoms with Crippen LogP contribution in [0.3, 0.4) is 0 Å². The summed E-state index contributed by atoms with van der Waals surface area (Å²) in [7, 11) is 1.33. The number of hydrogen-bond acceptors (Lipinski definition) is 7. The Morgan fingerprint density at radius 3 is 1.15 bits per heavy atom. The second-order valence-corrected chi connectivity index (χ2v) is 20.9. The van der Waals surface area contributed by atoms with Gasteiger partial charge >= 0.3 is 5.97 Å². The molecule has 0 rings (SSSR count). The standard InChI is InChI=1S/C62H106NO7P/c1-6-8-10-12-14-16-18-20-22-24-26-28-30-31-32-34-36-38-40-42-44-46-48-50-52-54-57-67-59-61(60-69-71(65,66)68-58-56-63(3,4)5)70-62(64)55-53-51-49-47-45-43-41-39-37-35-33-29-27-25-23-21-19-17-15-13-11-9-7-2/h8-11,14-17,20-23,26-29,31-32,36,38,61H,6-7,12-13,18-19,24-25,30,33-35,37,39-60H2,1-5H3/b10-8-,11-9-,16-14-,17-15-,22-20-,23-21-,28-26-,29-27-,32-31-,38-36-. The number of allylic oxidation sites excluding steroid dienone is 20. The number of phosphoric ester groups is 1. The summed E-state index contributed by atoms with van der Waals surface area (Å²) >= 11 is 0. The summed E-state index contributed by atoms with van der Waals surface area (Å²) in [5.74, 6) is -0.347. The van der Waals surface area contributed by atoms with Crippen molar-refractivity contribution in [2.75, 3.05) is 54.1 Å². The normalized spacial score (nSPS) is 14.4. The number of phosphoric acid groups is 1. The fourth-order valence-corrected chi connectivity index (χ4v) is 7.98. The minimum Gasteiger partial charge on any atom is -0.756 e. The van der Waals surface area contributed by atoms with Crippen LogP contribution in [0.1, 0.15) is 206 Å². The van der Waals surface area contributed by atoms with Gasteiger partial charge in [0, 0.05) is 13.0 Å². The molecule has 71 heavy (non-hydrogen) atoms. The predicted octanol–water partition coefficient (Wildman–Crippen LogP) is 17.4. The summed E-state index contributed by atoms with van der Waals surface area (Å²) in [6.07, 6.45) is 76.6. The molecular formula is C62H106NO7P. The van der Waals surface area contributed by atoms with Crippen LogP contribution in [0.2, 0.25) is 0 Å². The third kappa shape index (κ3) is 57.7. The van der Waals surface area contributed by atoms with Crippen molar-refractivity contribution in [1.82, 2.24) is 0 Å². The van der Waals surface area contributed by atoms with Gasteiger partial charge in [-0.25, -0.2) is 0 Å². The van der Waals surface area contributed by atoms with E-state index in [4.69, 9.17) is 18.5 Å². The van der Waals surface area contributed by atoms with Gasteiger partial charge in [0.1, 0.15) is 19.3 Å². The number of esters is 1. The molecular weight excluding hydrogens is 902 g/mol. The largest absolute Gasteiger partial charge is 0.756 e. The van der Waals surface area contributed by atoms with Crippen molar-refractivity contribution in [3.05, 3.63) is 122 Å². The molecule has 0 radical (unpaired) electrons. The first-order valence-corrected chi connectivity index (χ1v) is 29.7. The highest BCUT2D eigenvalue weighted by Gasteiger charge is 2.20. The maximum Gasteiger partial charge on any atom is 0.306 e. The van der Waals surface area contributed by atoms with Crippen LogP contribution in [0.4, 0.5) is 0 Å². The van der Waals surface area contributed by atoms with Crippen LogP contribution in [0.15, 0.2) is 122 Å². The number of rotatable bonds is 51. The van der Waals surface area contributed by atoms with Crippen molar-refractivity contribution in [3.8, 4) is 0 Å². The van der Waals surface area contributed by atoms with Gasteiger partial charge in [-0.1, -0.05) is 219 Å². The lowest BCUT2D eigenvalue weighted by Gasteiger charge is -2.28. The number of unbranched alkanes of at least 4 members (excludes halogenated alkanes) is 17. The van der Waals surface area contributed by atoms with E-state index in [0.717, 1.165) is 109 Å². The quantitative estimate of drug-likeness (QED) is 0.0197. The summed E-state index contributed by atoms with van der Waals surface area (Å²) in [5, 5.41) is 0. The molecule has 0 aromatic carbocycles. The number of nitrogens with zero attached hydrogens (tertiary/aromatic N) is 1. The van der Waals surface area contributed by atoms with E-state index in [2.05, 4.69) is 135 Å². The zero-order valence-corrected chi connectivity index (χ0v) is 47.0. The van der Waals surface area contributed by atoms with Gasteiger partial charge in [0.2, 0.25) is 0 Å². The van der Waals surface area contributed by atoms with Crippen molar-refractivity contribution >= 4 is 13.8 Å². The zero-order chi connectivity index (χ0) is 51.9. The molecule has 0 aromatic rings. The molecule has 406 valence electrons. The third-order valence-corrected chi connectivity index (χ3v) is 12.5. The van der Waals surface area contributed by atoms with E-state index in [1.165, 1.54) is 77.0 Å². The third-order valence-electron chi connectivity index (χ3n) is 11.5. The SMILES string of the molecule is CC/C=C\C/C=C\C/C=C\C/C=C\C/C=C\C/C=C\CCCCCCCCCOCC(COP(=O)([O-])OCC[N+](C)(C)C)OC(=O)CCCCCCCCCCCC/C=C\C/C=C\C/C=C\C/C=C\CC. The first kappa shape index (κ1) is 67.9. The summed E-state index contributed by atoms with van der Waals surface area (Å²) in [6, 6.07) is 0. The lowest BCUT2D eigenvalue weighted by atomic mass is 10.0. The van der Waals surface area contributed by atoms with Gasteiger partial charge < -0.3 is 27.9 Å². The second kappa shape index (κ2) is 53.2. The number of likely N-dealkylation sites (N-methyl/N-ethyl adjacent to an activating group) is 1. The Hall–Kier alpha value is -3.10. The molecule has 2 atom stereocenters. The Morgan fingerprint density at radius 1 is 0.437 bits per heavy atom. The first-order chi connectivity index (χ1) is 34.6. The van der Waals surface area contributed by atoms with Crippen LogP contribution < -0.4 is 4.89 Å². The maximum atomic E-state index is 12.8. The molecule has 0 heterocycles. The Kier molecular flexibility index (Phi) is 50.9. The molecule has 0 fully saturated rings. The van der Waals surface area contributed by atoms with Crippen molar-refractivity contribution < 1.29 is 37.3 Å². The van der Waals surface area contributed by atoms with Crippen LogP contribution in [0.5, 0.6) is 0 Å². The van der Waals surface area contributed by atoms with Gasteiger partial charge in [0.05, 0.1) is 34.4 Å². The van der Waals surface area contributed by atoms with E-state index in [-0.39, 0.29) is 25.8 Å². The lowest BCUT2D eigenvalue weighted by molar-refractivity contribution is -0.870. The number of ether oxygens (including phenoxy) is 2. The molecule has 0 saturated heterocycles. The number of hydrogen-bond donors (Lipinski definition) is 0. The van der Waals surface area contributed by atoms with E-state index in [0.29, 0.717) is 24.1 Å². The Bertz CT molecular complexity index is 1550. The van der Waals surface area contributed by atoms with Crippen molar-refractivity contribution in [2.24, 2.45) is 0 Å².